The Morgan fingerprint density at radius 1 is 1.00 bits per heavy atom. The van der Waals surface area contributed by atoms with Crippen molar-refractivity contribution >= 4 is 11.9 Å². The van der Waals surface area contributed by atoms with Crippen molar-refractivity contribution in [1.82, 2.24) is 0 Å². The van der Waals surface area contributed by atoms with Gasteiger partial charge in [-0.05, 0) is 27.2 Å². The van der Waals surface area contributed by atoms with Crippen molar-refractivity contribution < 1.29 is 19.1 Å². The van der Waals surface area contributed by atoms with Gasteiger partial charge in [-0.25, -0.2) is 9.59 Å². The van der Waals surface area contributed by atoms with Gasteiger partial charge in [0, 0.05) is 12.2 Å². The Hall–Kier alpha value is -1.58. The highest BCUT2D eigenvalue weighted by Crippen LogP contribution is 2.06. The molecule has 20 heavy (non-hydrogen) atoms. The van der Waals surface area contributed by atoms with Crippen LogP contribution in [0, 0.1) is 0 Å². The van der Waals surface area contributed by atoms with Crippen LogP contribution in [0.2, 0.25) is 0 Å². The van der Waals surface area contributed by atoms with E-state index in [4.69, 9.17) is 9.47 Å². The number of rotatable bonds is 7. The first kappa shape index (κ1) is 20.7. The van der Waals surface area contributed by atoms with Crippen LogP contribution in [0.3, 0.4) is 0 Å². The minimum Gasteiger partial charge on any atom is -0.463 e. The summed E-state index contributed by atoms with van der Waals surface area (Å²) in [5.74, 6) is -0.691. The van der Waals surface area contributed by atoms with Crippen LogP contribution in [0.4, 0.5) is 0 Å². The van der Waals surface area contributed by atoms with Crippen molar-refractivity contribution in [2.24, 2.45) is 0 Å². The average Bonchev–Trinajstić information content (AvgIpc) is 2.37. The molecule has 0 atom stereocenters. The zero-order valence-corrected chi connectivity index (χ0v) is 13.2. The number of carbonyl (C=O) groups is 2. The van der Waals surface area contributed by atoms with Crippen molar-refractivity contribution in [3.63, 3.8) is 0 Å². The maximum Gasteiger partial charge on any atom is 0.330 e. The van der Waals surface area contributed by atoms with E-state index in [9.17, 15) is 9.59 Å². The van der Waals surface area contributed by atoms with E-state index in [2.05, 4.69) is 20.1 Å². The third-order valence-electron chi connectivity index (χ3n) is 1.98. The minimum atomic E-state index is -0.398. The van der Waals surface area contributed by atoms with Crippen molar-refractivity contribution in [1.29, 1.82) is 0 Å². The molecule has 0 rings (SSSR count). The van der Waals surface area contributed by atoms with E-state index in [1.165, 1.54) is 18.9 Å². The molecule has 0 spiro atoms. The van der Waals surface area contributed by atoms with Crippen LogP contribution < -0.4 is 0 Å². The quantitative estimate of drug-likeness (QED) is 0.405. The monoisotopic (exact) mass is 284 g/mol. The molecule has 4 nitrogen and oxygen atoms in total. The van der Waals surface area contributed by atoms with Gasteiger partial charge < -0.3 is 9.47 Å². The van der Waals surface area contributed by atoms with Crippen molar-refractivity contribution in [2.45, 2.75) is 59.0 Å². The van der Waals surface area contributed by atoms with E-state index in [1.807, 2.05) is 20.8 Å². The second-order valence-corrected chi connectivity index (χ2v) is 5.17. The lowest BCUT2D eigenvalue weighted by molar-refractivity contribution is -0.148. The first-order chi connectivity index (χ1) is 9.26. The van der Waals surface area contributed by atoms with E-state index in [0.717, 1.165) is 18.9 Å². The topological polar surface area (TPSA) is 52.6 Å². The van der Waals surface area contributed by atoms with Gasteiger partial charge in [0.1, 0.15) is 5.60 Å². The van der Waals surface area contributed by atoms with Crippen molar-refractivity contribution in [3.05, 3.63) is 25.3 Å². The molecule has 0 fully saturated rings. The fourth-order valence-electron chi connectivity index (χ4n) is 1.10. The van der Waals surface area contributed by atoms with Gasteiger partial charge in [-0.2, -0.15) is 0 Å². The molecular weight excluding hydrogens is 256 g/mol. The maximum absolute atomic E-state index is 10.5. The largest absolute Gasteiger partial charge is 0.463 e. The molecule has 0 aliphatic carbocycles. The summed E-state index contributed by atoms with van der Waals surface area (Å²) in [5.41, 5.74) is -0.398. The normalized spacial score (nSPS) is 9.80. The van der Waals surface area contributed by atoms with Gasteiger partial charge in [-0.1, -0.05) is 39.3 Å². The summed E-state index contributed by atoms with van der Waals surface area (Å²) in [6.45, 7) is 14.7. The Morgan fingerprint density at radius 3 is 1.90 bits per heavy atom. The van der Waals surface area contributed by atoms with Gasteiger partial charge in [-0.15, -0.1) is 0 Å². The lowest BCUT2D eigenvalue weighted by Gasteiger charge is -2.17. The number of unbranched alkanes of at least 4 members (excludes halogenated alkanes) is 3. The number of hydrogen-bond donors (Lipinski definition) is 0. The molecule has 0 unspecified atom stereocenters. The van der Waals surface area contributed by atoms with E-state index in [-0.39, 0.29) is 11.9 Å². The molecule has 0 saturated heterocycles. The molecule has 0 aliphatic heterocycles. The first-order valence-electron chi connectivity index (χ1n) is 6.91. The predicted octanol–water partition coefficient (Wildman–Crippen LogP) is 3.81. The molecule has 0 saturated carbocycles. The fourth-order valence-corrected chi connectivity index (χ4v) is 1.10. The molecule has 0 N–H and O–H groups in total. The third kappa shape index (κ3) is 18.8. The number of esters is 2. The Balaban J connectivity index is 0. The highest BCUT2D eigenvalue weighted by Gasteiger charge is 2.12. The van der Waals surface area contributed by atoms with Crippen LogP contribution >= 0.6 is 0 Å². The summed E-state index contributed by atoms with van der Waals surface area (Å²) in [4.78, 5) is 21.0. The average molecular weight is 284 g/mol. The summed E-state index contributed by atoms with van der Waals surface area (Å²) in [7, 11) is 0. The maximum atomic E-state index is 10.5. The standard InChI is InChI=1S/C9H16O2.C7H12O2/c1-3-5-6-7-8-11-9(10)4-2;1-5-6(8)9-7(2,3)4/h4H,2-3,5-8H2,1H3;5H,1H2,2-4H3. The molecule has 0 heterocycles. The highest BCUT2D eigenvalue weighted by molar-refractivity contribution is 5.81. The Bertz CT molecular complexity index is 300. The molecule has 0 aromatic carbocycles. The van der Waals surface area contributed by atoms with Crippen LogP contribution in [0.5, 0.6) is 0 Å². The van der Waals surface area contributed by atoms with E-state index < -0.39 is 5.60 Å². The van der Waals surface area contributed by atoms with Crippen LogP contribution in [-0.4, -0.2) is 24.1 Å². The molecule has 0 aromatic rings. The van der Waals surface area contributed by atoms with Crippen LogP contribution in [0.25, 0.3) is 0 Å². The summed E-state index contributed by atoms with van der Waals surface area (Å²) in [6.07, 6.45) is 6.88. The zero-order valence-electron chi connectivity index (χ0n) is 13.2. The molecule has 116 valence electrons. The van der Waals surface area contributed by atoms with Gasteiger partial charge in [0.05, 0.1) is 6.61 Å². The zero-order chi connectivity index (χ0) is 16.0. The van der Waals surface area contributed by atoms with Gasteiger partial charge in [-0.3, -0.25) is 0 Å². The molecule has 0 amide bonds. The smallest absolute Gasteiger partial charge is 0.330 e. The third-order valence-corrected chi connectivity index (χ3v) is 1.98. The molecule has 0 bridgehead atoms. The highest BCUT2D eigenvalue weighted by atomic mass is 16.6. The number of carbonyl (C=O) groups excluding carboxylic acids is 2. The van der Waals surface area contributed by atoms with Gasteiger partial charge in [0.2, 0.25) is 0 Å². The minimum absolute atomic E-state index is 0.318. The summed E-state index contributed by atoms with van der Waals surface area (Å²) in [6, 6.07) is 0. The lowest BCUT2D eigenvalue weighted by atomic mass is 10.2. The predicted molar refractivity (Wildman–Crippen MR) is 81.3 cm³/mol. The number of ether oxygens (including phenoxy) is 2. The van der Waals surface area contributed by atoms with Crippen LogP contribution in [-0.2, 0) is 19.1 Å². The van der Waals surface area contributed by atoms with Crippen LogP contribution in [0.15, 0.2) is 25.3 Å². The van der Waals surface area contributed by atoms with E-state index in [1.54, 1.807) is 0 Å². The van der Waals surface area contributed by atoms with Crippen molar-refractivity contribution in [3.8, 4) is 0 Å². The Morgan fingerprint density at radius 2 is 1.55 bits per heavy atom. The fraction of sp³-hybridized carbons (Fsp3) is 0.625. The summed E-state index contributed by atoms with van der Waals surface area (Å²) in [5, 5.41) is 0. The second-order valence-electron chi connectivity index (χ2n) is 5.17. The SMILES string of the molecule is C=CC(=O)OC(C)(C)C.C=CC(=O)OCCCCCC. The summed E-state index contributed by atoms with van der Waals surface area (Å²) < 4.78 is 9.61. The van der Waals surface area contributed by atoms with Crippen LogP contribution in [0.1, 0.15) is 53.4 Å². The molecule has 4 heteroatoms. The Kier molecular flexibility index (Phi) is 12.9. The van der Waals surface area contributed by atoms with Crippen molar-refractivity contribution in [2.75, 3.05) is 6.61 Å². The van der Waals surface area contributed by atoms with Gasteiger partial charge in [0.15, 0.2) is 0 Å². The molecule has 0 aromatic heterocycles. The number of hydrogen-bond acceptors (Lipinski definition) is 4. The molecule has 0 aliphatic rings. The summed E-state index contributed by atoms with van der Waals surface area (Å²) >= 11 is 0. The molecular formula is C16H28O4. The van der Waals surface area contributed by atoms with Gasteiger partial charge >= 0.3 is 11.9 Å². The van der Waals surface area contributed by atoms with E-state index in [0.29, 0.717) is 6.61 Å². The Labute approximate surface area is 122 Å². The van der Waals surface area contributed by atoms with E-state index >= 15 is 0 Å². The molecule has 0 radical (unpaired) electrons. The lowest BCUT2D eigenvalue weighted by Crippen LogP contribution is -2.22. The first-order valence-corrected chi connectivity index (χ1v) is 6.91. The van der Waals surface area contributed by atoms with Gasteiger partial charge in [0.25, 0.3) is 0 Å². The second kappa shape index (κ2) is 12.5.